The number of nitrogens with one attached hydrogen (secondary N) is 2. The van der Waals surface area contributed by atoms with Crippen LogP contribution in [0.4, 0.5) is 6.01 Å². The van der Waals surface area contributed by atoms with Crippen molar-refractivity contribution < 1.29 is 12.8 Å². The molecular weight excluding hydrogens is 266 g/mol. The van der Waals surface area contributed by atoms with Gasteiger partial charge in [-0.25, -0.2) is 13.1 Å². The van der Waals surface area contributed by atoms with Gasteiger partial charge in [0.2, 0.25) is 10.0 Å². The van der Waals surface area contributed by atoms with Crippen molar-refractivity contribution in [3.63, 3.8) is 0 Å². The van der Waals surface area contributed by atoms with E-state index in [1.165, 1.54) is 0 Å². The van der Waals surface area contributed by atoms with Crippen LogP contribution in [0.25, 0.3) is 11.1 Å². The molecule has 1 heterocycles. The van der Waals surface area contributed by atoms with Crippen molar-refractivity contribution in [3.05, 3.63) is 24.3 Å². The lowest BCUT2D eigenvalue weighted by Crippen LogP contribution is -2.34. The molecule has 0 fully saturated rings. The van der Waals surface area contributed by atoms with Gasteiger partial charge in [0.25, 0.3) is 6.01 Å². The number of hydrogen-bond acceptors (Lipinski definition) is 5. The number of oxazole rings is 1. The van der Waals surface area contributed by atoms with E-state index in [-0.39, 0.29) is 18.3 Å². The number of para-hydroxylation sites is 2. The van der Waals surface area contributed by atoms with E-state index in [1.54, 1.807) is 13.8 Å². The van der Waals surface area contributed by atoms with Crippen LogP contribution in [0.3, 0.4) is 0 Å². The van der Waals surface area contributed by atoms with Crippen LogP contribution in [0.1, 0.15) is 13.8 Å². The SMILES string of the molecule is CC(C)NS(=O)(=O)CCNc1nc2ccccc2o1. The average Bonchev–Trinajstić information content (AvgIpc) is 2.69. The van der Waals surface area contributed by atoms with Crippen molar-refractivity contribution in [2.45, 2.75) is 19.9 Å². The molecule has 0 aliphatic carbocycles. The van der Waals surface area contributed by atoms with Crippen LogP contribution in [0.15, 0.2) is 28.7 Å². The summed E-state index contributed by atoms with van der Waals surface area (Å²) >= 11 is 0. The second kappa shape index (κ2) is 5.58. The Kier molecular flexibility index (Phi) is 4.06. The smallest absolute Gasteiger partial charge is 0.295 e. The summed E-state index contributed by atoms with van der Waals surface area (Å²) < 4.78 is 31.1. The first-order chi connectivity index (χ1) is 8.96. The summed E-state index contributed by atoms with van der Waals surface area (Å²) in [6.07, 6.45) is 0. The molecule has 19 heavy (non-hydrogen) atoms. The van der Waals surface area contributed by atoms with Gasteiger partial charge in [-0.1, -0.05) is 12.1 Å². The van der Waals surface area contributed by atoms with Crippen LogP contribution < -0.4 is 10.0 Å². The van der Waals surface area contributed by atoms with Crippen LogP contribution in [-0.4, -0.2) is 31.7 Å². The number of anilines is 1. The minimum absolute atomic E-state index is 0.0239. The van der Waals surface area contributed by atoms with Crippen molar-refractivity contribution in [2.24, 2.45) is 0 Å². The fourth-order valence-electron chi connectivity index (χ4n) is 1.66. The van der Waals surface area contributed by atoms with Crippen molar-refractivity contribution in [3.8, 4) is 0 Å². The number of sulfonamides is 1. The molecule has 0 aliphatic rings. The van der Waals surface area contributed by atoms with Gasteiger partial charge < -0.3 is 9.73 Å². The maximum absolute atomic E-state index is 11.6. The highest BCUT2D eigenvalue weighted by Crippen LogP contribution is 2.17. The molecule has 0 spiro atoms. The molecule has 0 saturated heterocycles. The van der Waals surface area contributed by atoms with Gasteiger partial charge in [-0.2, -0.15) is 4.98 Å². The molecule has 104 valence electrons. The molecule has 0 bridgehead atoms. The highest BCUT2D eigenvalue weighted by Gasteiger charge is 2.12. The molecule has 1 aromatic carbocycles. The van der Waals surface area contributed by atoms with Crippen LogP contribution in [-0.2, 0) is 10.0 Å². The third-order valence-electron chi connectivity index (χ3n) is 2.36. The minimum atomic E-state index is -3.26. The van der Waals surface area contributed by atoms with Gasteiger partial charge in [0.15, 0.2) is 5.58 Å². The van der Waals surface area contributed by atoms with Gasteiger partial charge >= 0.3 is 0 Å². The zero-order valence-corrected chi connectivity index (χ0v) is 11.7. The Morgan fingerprint density at radius 1 is 1.32 bits per heavy atom. The maximum atomic E-state index is 11.6. The molecule has 0 amide bonds. The first kappa shape index (κ1) is 13.8. The first-order valence-electron chi connectivity index (χ1n) is 6.06. The van der Waals surface area contributed by atoms with Crippen LogP contribution in [0, 0.1) is 0 Å². The van der Waals surface area contributed by atoms with Gasteiger partial charge in [0.05, 0.1) is 5.75 Å². The molecule has 0 saturated carbocycles. The second-order valence-electron chi connectivity index (χ2n) is 4.50. The second-order valence-corrected chi connectivity index (χ2v) is 6.38. The summed E-state index contributed by atoms with van der Waals surface area (Å²) in [5.41, 5.74) is 1.42. The highest BCUT2D eigenvalue weighted by atomic mass is 32.2. The first-order valence-corrected chi connectivity index (χ1v) is 7.71. The Morgan fingerprint density at radius 2 is 2.05 bits per heavy atom. The summed E-state index contributed by atoms with van der Waals surface area (Å²) in [5.74, 6) is -0.0239. The fraction of sp³-hybridized carbons (Fsp3) is 0.417. The van der Waals surface area contributed by atoms with E-state index in [9.17, 15) is 8.42 Å². The molecule has 0 atom stereocenters. The zero-order valence-electron chi connectivity index (χ0n) is 10.9. The summed E-state index contributed by atoms with van der Waals surface area (Å²) in [7, 11) is -3.26. The Balaban J connectivity index is 1.92. The highest BCUT2D eigenvalue weighted by molar-refractivity contribution is 7.89. The van der Waals surface area contributed by atoms with E-state index in [0.717, 1.165) is 5.52 Å². The molecule has 0 radical (unpaired) electrons. The average molecular weight is 283 g/mol. The zero-order chi connectivity index (χ0) is 13.9. The molecule has 1 aromatic heterocycles. The normalized spacial score (nSPS) is 12.2. The maximum Gasteiger partial charge on any atom is 0.295 e. The summed E-state index contributed by atoms with van der Waals surface area (Å²) in [6.45, 7) is 3.81. The topological polar surface area (TPSA) is 84.2 Å². The molecule has 2 N–H and O–H groups in total. The van der Waals surface area contributed by atoms with Gasteiger partial charge in [-0.05, 0) is 26.0 Å². The van der Waals surface area contributed by atoms with Gasteiger partial charge in [0, 0.05) is 12.6 Å². The molecule has 2 aromatic rings. The molecular formula is C12H17N3O3S. The quantitative estimate of drug-likeness (QED) is 0.840. The molecule has 2 rings (SSSR count). The van der Waals surface area contributed by atoms with E-state index in [2.05, 4.69) is 15.0 Å². The van der Waals surface area contributed by atoms with Crippen molar-refractivity contribution in [2.75, 3.05) is 17.6 Å². The predicted octanol–water partition coefficient (Wildman–Crippen LogP) is 1.57. The molecule has 0 unspecified atom stereocenters. The van der Waals surface area contributed by atoms with E-state index < -0.39 is 10.0 Å². The summed E-state index contributed by atoms with van der Waals surface area (Å²) in [6, 6.07) is 7.60. The van der Waals surface area contributed by atoms with Crippen LogP contribution in [0.2, 0.25) is 0 Å². The standard InChI is InChI=1S/C12H17N3O3S/c1-9(2)15-19(16,17)8-7-13-12-14-10-5-3-4-6-11(10)18-12/h3-6,9,15H,7-8H2,1-2H3,(H,13,14). The van der Waals surface area contributed by atoms with Gasteiger partial charge in [-0.15, -0.1) is 0 Å². The lowest BCUT2D eigenvalue weighted by Gasteiger charge is -2.09. The largest absolute Gasteiger partial charge is 0.424 e. The number of fused-ring (bicyclic) bond motifs is 1. The number of hydrogen-bond donors (Lipinski definition) is 2. The number of nitrogens with zero attached hydrogens (tertiary/aromatic N) is 1. The third kappa shape index (κ3) is 3.93. The van der Waals surface area contributed by atoms with Crippen LogP contribution in [0.5, 0.6) is 0 Å². The number of aromatic nitrogens is 1. The Labute approximate surface area is 112 Å². The Morgan fingerprint density at radius 3 is 2.74 bits per heavy atom. The third-order valence-corrected chi connectivity index (χ3v) is 3.93. The van der Waals surface area contributed by atoms with E-state index in [4.69, 9.17) is 4.42 Å². The molecule has 6 nitrogen and oxygen atoms in total. The monoisotopic (exact) mass is 283 g/mol. The van der Waals surface area contributed by atoms with E-state index >= 15 is 0 Å². The van der Waals surface area contributed by atoms with Crippen molar-refractivity contribution >= 4 is 27.1 Å². The van der Waals surface area contributed by atoms with E-state index in [1.807, 2.05) is 24.3 Å². The van der Waals surface area contributed by atoms with Crippen molar-refractivity contribution in [1.82, 2.24) is 9.71 Å². The van der Waals surface area contributed by atoms with Crippen LogP contribution >= 0.6 is 0 Å². The lowest BCUT2D eigenvalue weighted by atomic mass is 10.3. The van der Waals surface area contributed by atoms with Gasteiger partial charge in [-0.3, -0.25) is 0 Å². The predicted molar refractivity (Wildman–Crippen MR) is 74.6 cm³/mol. The fourth-order valence-corrected chi connectivity index (χ4v) is 2.87. The number of benzene rings is 1. The molecule has 7 heteroatoms. The van der Waals surface area contributed by atoms with Gasteiger partial charge in [0.1, 0.15) is 5.52 Å². The molecule has 0 aliphatic heterocycles. The Bertz CT molecular complexity index is 616. The lowest BCUT2D eigenvalue weighted by molar-refractivity contribution is 0.569. The Hall–Kier alpha value is -1.60. The van der Waals surface area contributed by atoms with E-state index in [0.29, 0.717) is 11.6 Å². The summed E-state index contributed by atoms with van der Waals surface area (Å²) in [5, 5.41) is 2.87. The number of rotatable bonds is 6. The van der Waals surface area contributed by atoms with Crippen molar-refractivity contribution in [1.29, 1.82) is 0 Å². The summed E-state index contributed by atoms with van der Waals surface area (Å²) in [4.78, 5) is 4.20. The minimum Gasteiger partial charge on any atom is -0.424 e.